The van der Waals surface area contributed by atoms with Crippen LogP contribution in [0.25, 0.3) is 0 Å². The van der Waals surface area contributed by atoms with Crippen LogP contribution in [0.15, 0.2) is 36.4 Å². The Kier molecular flexibility index (Phi) is 7.42. The summed E-state index contributed by atoms with van der Waals surface area (Å²) in [5.74, 6) is 1.79. The van der Waals surface area contributed by atoms with Crippen molar-refractivity contribution in [1.82, 2.24) is 10.6 Å². The van der Waals surface area contributed by atoms with E-state index >= 15 is 0 Å². The molecule has 0 bridgehead atoms. The maximum Gasteiger partial charge on any atom is 0.344 e. The Hall–Kier alpha value is -3.62. The van der Waals surface area contributed by atoms with E-state index in [-0.39, 0.29) is 32.1 Å². The van der Waals surface area contributed by atoms with Gasteiger partial charge in [0.2, 0.25) is 6.79 Å². The van der Waals surface area contributed by atoms with Crippen molar-refractivity contribution in [3.8, 4) is 23.0 Å². The smallest absolute Gasteiger partial charge is 0.344 e. The number of methoxy groups -OCH3 is 1. The molecule has 0 saturated heterocycles. The van der Waals surface area contributed by atoms with Crippen molar-refractivity contribution in [3.05, 3.63) is 47.5 Å². The molecule has 0 aliphatic carbocycles. The normalized spacial score (nSPS) is 12.6. The van der Waals surface area contributed by atoms with Gasteiger partial charge < -0.3 is 34.3 Å². The zero-order valence-corrected chi connectivity index (χ0v) is 17.7. The lowest BCUT2D eigenvalue weighted by molar-refractivity contribution is -0.145. The Labute approximate surface area is 180 Å². The fourth-order valence-corrected chi connectivity index (χ4v) is 2.98. The lowest BCUT2D eigenvalue weighted by atomic mass is 10.1. The Morgan fingerprint density at radius 2 is 1.90 bits per heavy atom. The maximum absolute atomic E-state index is 12.3. The van der Waals surface area contributed by atoms with Gasteiger partial charge in [-0.15, -0.1) is 0 Å². The van der Waals surface area contributed by atoms with E-state index in [1.165, 1.54) is 7.11 Å². The van der Waals surface area contributed by atoms with E-state index in [2.05, 4.69) is 10.6 Å². The number of nitrogens with one attached hydrogen (secondary N) is 2. The third-order valence-corrected chi connectivity index (χ3v) is 4.58. The molecule has 2 amide bonds. The highest BCUT2D eigenvalue weighted by Gasteiger charge is 2.16. The van der Waals surface area contributed by atoms with E-state index in [9.17, 15) is 9.59 Å². The van der Waals surface area contributed by atoms with Gasteiger partial charge in [0.25, 0.3) is 0 Å². The molecular weight excluding hydrogens is 404 g/mol. The van der Waals surface area contributed by atoms with Crippen molar-refractivity contribution in [3.63, 3.8) is 0 Å². The first-order valence-corrected chi connectivity index (χ1v) is 9.89. The molecule has 9 heteroatoms. The lowest BCUT2D eigenvalue weighted by Crippen LogP contribution is -2.36. The maximum atomic E-state index is 12.3. The van der Waals surface area contributed by atoms with Crippen molar-refractivity contribution in [2.75, 3.05) is 27.1 Å². The number of esters is 1. The largest absolute Gasteiger partial charge is 0.493 e. The summed E-state index contributed by atoms with van der Waals surface area (Å²) in [4.78, 5) is 23.8. The van der Waals surface area contributed by atoms with Crippen molar-refractivity contribution >= 4 is 12.0 Å². The number of carbonyl (C=O) groups is 2. The molecule has 0 spiro atoms. The highest BCUT2D eigenvalue weighted by Crippen LogP contribution is 2.32. The number of ether oxygens (including phenoxy) is 5. The summed E-state index contributed by atoms with van der Waals surface area (Å²) in [7, 11) is 1.51. The van der Waals surface area contributed by atoms with Gasteiger partial charge in [0.15, 0.2) is 29.6 Å². The van der Waals surface area contributed by atoms with E-state index in [4.69, 9.17) is 23.7 Å². The monoisotopic (exact) mass is 430 g/mol. The lowest BCUT2D eigenvalue weighted by Gasteiger charge is -2.17. The molecule has 31 heavy (non-hydrogen) atoms. The zero-order valence-electron chi connectivity index (χ0n) is 17.7. The summed E-state index contributed by atoms with van der Waals surface area (Å²) >= 11 is 0. The quantitative estimate of drug-likeness (QED) is 0.590. The molecule has 0 saturated carbocycles. The molecule has 0 aromatic heterocycles. The number of hydrogen-bond donors (Lipinski definition) is 2. The minimum Gasteiger partial charge on any atom is -0.493 e. The van der Waals surface area contributed by atoms with Crippen LogP contribution in [0.5, 0.6) is 23.0 Å². The predicted octanol–water partition coefficient (Wildman–Crippen LogP) is 2.93. The number of urea groups is 1. The van der Waals surface area contributed by atoms with Crippen LogP contribution in [0, 0.1) is 0 Å². The number of rotatable bonds is 9. The minimum absolute atomic E-state index is 0.209. The van der Waals surface area contributed by atoms with Gasteiger partial charge in [0.05, 0.1) is 19.8 Å². The summed E-state index contributed by atoms with van der Waals surface area (Å²) in [5, 5.41) is 5.70. The third kappa shape index (κ3) is 5.94. The van der Waals surface area contributed by atoms with Crippen molar-refractivity contribution in [2.24, 2.45) is 0 Å². The molecule has 1 aliphatic heterocycles. The van der Waals surface area contributed by atoms with E-state index in [1.54, 1.807) is 25.1 Å². The third-order valence-electron chi connectivity index (χ3n) is 4.58. The fraction of sp³-hybridized carbons (Fsp3) is 0.364. The van der Waals surface area contributed by atoms with Crippen LogP contribution in [0.4, 0.5) is 4.79 Å². The molecule has 2 N–H and O–H groups in total. The molecule has 2 aromatic carbocycles. The fourth-order valence-electron chi connectivity index (χ4n) is 2.98. The first kappa shape index (κ1) is 22.1. The first-order valence-electron chi connectivity index (χ1n) is 9.89. The zero-order chi connectivity index (χ0) is 22.2. The molecule has 2 aromatic rings. The molecule has 3 rings (SSSR count). The second-order valence-corrected chi connectivity index (χ2v) is 6.74. The Bertz CT molecular complexity index is 932. The van der Waals surface area contributed by atoms with Gasteiger partial charge in [-0.1, -0.05) is 12.1 Å². The molecule has 1 aliphatic rings. The molecule has 166 valence electrons. The van der Waals surface area contributed by atoms with Gasteiger partial charge in [-0.05, 0) is 49.2 Å². The molecule has 1 heterocycles. The number of hydrogen-bond acceptors (Lipinski definition) is 7. The van der Waals surface area contributed by atoms with Gasteiger partial charge in [-0.3, -0.25) is 0 Å². The van der Waals surface area contributed by atoms with E-state index in [1.807, 2.05) is 25.1 Å². The van der Waals surface area contributed by atoms with Crippen LogP contribution in [-0.4, -0.2) is 39.1 Å². The molecule has 9 nitrogen and oxygen atoms in total. The number of carbonyl (C=O) groups excluding carboxylic acids is 2. The first-order chi connectivity index (χ1) is 15.0. The molecule has 1 unspecified atom stereocenters. The van der Waals surface area contributed by atoms with Crippen molar-refractivity contribution in [2.45, 2.75) is 26.4 Å². The second-order valence-electron chi connectivity index (χ2n) is 6.74. The van der Waals surface area contributed by atoms with Crippen LogP contribution < -0.4 is 29.6 Å². The molecule has 0 radical (unpaired) electrons. The summed E-state index contributed by atoms with van der Waals surface area (Å²) in [6, 6.07) is 10.2. The highest BCUT2D eigenvalue weighted by atomic mass is 16.7. The summed E-state index contributed by atoms with van der Waals surface area (Å²) in [6.45, 7) is 4.22. The number of amides is 2. The van der Waals surface area contributed by atoms with E-state index < -0.39 is 5.97 Å². The van der Waals surface area contributed by atoms with E-state index in [0.717, 1.165) is 11.1 Å². The molecule has 0 fully saturated rings. The topological polar surface area (TPSA) is 104 Å². The summed E-state index contributed by atoms with van der Waals surface area (Å²) < 4.78 is 26.3. The van der Waals surface area contributed by atoms with Crippen LogP contribution in [-0.2, 0) is 16.1 Å². The van der Waals surface area contributed by atoms with Gasteiger partial charge in [-0.25, -0.2) is 9.59 Å². The van der Waals surface area contributed by atoms with Gasteiger partial charge in [0.1, 0.15) is 0 Å². The van der Waals surface area contributed by atoms with Gasteiger partial charge in [0, 0.05) is 6.54 Å². The Morgan fingerprint density at radius 3 is 2.68 bits per heavy atom. The highest BCUT2D eigenvalue weighted by molar-refractivity contribution is 5.74. The predicted molar refractivity (Wildman–Crippen MR) is 111 cm³/mol. The van der Waals surface area contributed by atoms with Crippen LogP contribution >= 0.6 is 0 Å². The second kappa shape index (κ2) is 10.4. The Morgan fingerprint density at radius 1 is 1.10 bits per heavy atom. The summed E-state index contributed by atoms with van der Waals surface area (Å²) in [6.07, 6.45) is 0. The van der Waals surface area contributed by atoms with E-state index in [0.29, 0.717) is 29.5 Å². The van der Waals surface area contributed by atoms with Gasteiger partial charge in [-0.2, -0.15) is 0 Å². The Balaban J connectivity index is 1.53. The molecule has 1 atom stereocenters. The van der Waals surface area contributed by atoms with Crippen LogP contribution in [0.2, 0.25) is 0 Å². The van der Waals surface area contributed by atoms with Crippen molar-refractivity contribution in [1.29, 1.82) is 0 Å². The van der Waals surface area contributed by atoms with Crippen LogP contribution in [0.3, 0.4) is 0 Å². The SMILES string of the molecule is CCOC(=O)COc1ccc(C(C)NC(=O)NCc2ccc3c(c2)OCO3)cc1OC. The van der Waals surface area contributed by atoms with Gasteiger partial charge >= 0.3 is 12.0 Å². The van der Waals surface area contributed by atoms with Crippen LogP contribution in [0.1, 0.15) is 31.0 Å². The summed E-state index contributed by atoms with van der Waals surface area (Å²) in [5.41, 5.74) is 1.72. The number of fused-ring (bicyclic) bond motifs is 1. The standard InChI is InChI=1S/C22H26N2O7/c1-4-28-21(25)12-29-17-8-6-16(10-19(17)27-3)14(2)24-22(26)23-11-15-5-7-18-20(9-15)31-13-30-18/h5-10,14H,4,11-13H2,1-3H3,(H2,23,24,26). The van der Waals surface area contributed by atoms with Crippen molar-refractivity contribution < 1.29 is 33.3 Å². The number of benzene rings is 2. The average Bonchev–Trinajstić information content (AvgIpc) is 3.24. The minimum atomic E-state index is -0.456. The molecular formula is C22H26N2O7. The average molecular weight is 430 g/mol.